The molecular weight excluding hydrogens is 640 g/mol. The lowest BCUT2D eigenvalue weighted by Crippen LogP contribution is -2.11. The summed E-state index contributed by atoms with van der Waals surface area (Å²) in [5.41, 5.74) is 7.65. The molecule has 0 radical (unpaired) electrons. The van der Waals surface area contributed by atoms with Crippen LogP contribution in [-0.2, 0) is 0 Å². The fraction of sp³-hybridized carbons (Fsp3) is 0. The maximum absolute atomic E-state index is 6.51. The second kappa shape index (κ2) is 10.6. The van der Waals surface area contributed by atoms with Crippen molar-refractivity contribution < 1.29 is 22.1 Å². The summed E-state index contributed by atoms with van der Waals surface area (Å²) < 4.78 is 30.8. The Kier molecular flexibility index (Phi) is 5.76. The molecule has 0 fully saturated rings. The summed E-state index contributed by atoms with van der Waals surface area (Å²) in [5, 5.41) is 14.4. The fourth-order valence-electron chi connectivity index (χ4n) is 7.06. The van der Waals surface area contributed by atoms with E-state index in [1.165, 1.54) is 0 Å². The van der Waals surface area contributed by atoms with Gasteiger partial charge in [-0.1, -0.05) is 36.4 Å². The highest BCUT2D eigenvalue weighted by Crippen LogP contribution is 2.42. The molecule has 6 heterocycles. The van der Waals surface area contributed by atoms with Crippen LogP contribution < -0.4 is 9.80 Å². The van der Waals surface area contributed by atoms with Crippen LogP contribution in [0.3, 0.4) is 0 Å². The Labute approximate surface area is 288 Å². The van der Waals surface area contributed by atoms with Gasteiger partial charge in [0.1, 0.15) is 33.4 Å². The highest BCUT2D eigenvalue weighted by atomic mass is 16.4. The molecule has 5 aromatic carbocycles. The Balaban J connectivity index is 1.02. The van der Waals surface area contributed by atoms with Gasteiger partial charge in [-0.3, -0.25) is 9.80 Å². The monoisotopic (exact) mass is 664 g/mol. The molecule has 242 valence electrons. The van der Waals surface area contributed by atoms with Crippen LogP contribution in [0.1, 0.15) is 0 Å². The molecule has 0 N–H and O–H groups in total. The molecule has 0 spiro atoms. The number of rotatable bonds is 6. The van der Waals surface area contributed by atoms with Gasteiger partial charge in [-0.2, -0.15) is 0 Å². The van der Waals surface area contributed by atoms with Crippen LogP contribution in [0.25, 0.3) is 65.9 Å². The normalized spacial score (nSPS) is 11.9. The molecule has 11 rings (SSSR count). The molecule has 0 aliphatic rings. The SMILES string of the molecule is c1coc(N(c2ccc3c(c2)oc2ccccc23)c2ccc3c(c2)oc2cc(N(c4ccc5c(c4)oc4ccccc45)c4ccco4)nnc23)c1. The quantitative estimate of drug-likeness (QED) is 0.172. The van der Waals surface area contributed by atoms with E-state index in [1.54, 1.807) is 12.5 Å². The minimum absolute atomic E-state index is 0.531. The van der Waals surface area contributed by atoms with Gasteiger partial charge in [-0.15, -0.1) is 10.2 Å². The number of benzene rings is 5. The van der Waals surface area contributed by atoms with E-state index in [2.05, 4.69) is 40.5 Å². The lowest BCUT2D eigenvalue weighted by Gasteiger charge is -2.22. The molecule has 0 aliphatic heterocycles. The van der Waals surface area contributed by atoms with Crippen LogP contribution in [0.4, 0.5) is 34.6 Å². The van der Waals surface area contributed by atoms with Crippen molar-refractivity contribution in [2.24, 2.45) is 0 Å². The first-order valence-corrected chi connectivity index (χ1v) is 16.5. The maximum Gasteiger partial charge on any atom is 0.205 e. The van der Waals surface area contributed by atoms with Gasteiger partial charge < -0.3 is 22.1 Å². The summed E-state index contributed by atoms with van der Waals surface area (Å²) >= 11 is 0. The largest absolute Gasteiger partial charge is 0.456 e. The molecule has 9 heteroatoms. The third-order valence-electron chi connectivity index (χ3n) is 9.37. The average molecular weight is 665 g/mol. The summed E-state index contributed by atoms with van der Waals surface area (Å²) in [6, 6.07) is 43.7. The van der Waals surface area contributed by atoms with Crippen molar-refractivity contribution in [2.45, 2.75) is 0 Å². The highest BCUT2D eigenvalue weighted by molar-refractivity contribution is 6.08. The van der Waals surface area contributed by atoms with Crippen LogP contribution in [0.2, 0.25) is 0 Å². The van der Waals surface area contributed by atoms with Crippen molar-refractivity contribution in [3.63, 3.8) is 0 Å². The second-order valence-electron chi connectivity index (χ2n) is 12.3. The van der Waals surface area contributed by atoms with Gasteiger partial charge >= 0.3 is 0 Å². The van der Waals surface area contributed by atoms with Crippen molar-refractivity contribution in [3.05, 3.63) is 146 Å². The first kappa shape index (κ1) is 27.7. The predicted molar refractivity (Wildman–Crippen MR) is 198 cm³/mol. The molecule has 0 bridgehead atoms. The van der Waals surface area contributed by atoms with Crippen LogP contribution >= 0.6 is 0 Å². The number of nitrogens with zero attached hydrogens (tertiary/aromatic N) is 4. The molecule has 51 heavy (non-hydrogen) atoms. The van der Waals surface area contributed by atoms with E-state index in [-0.39, 0.29) is 0 Å². The van der Waals surface area contributed by atoms with E-state index in [1.807, 2.05) is 113 Å². The number of fused-ring (bicyclic) bond motifs is 9. The molecule has 9 nitrogen and oxygen atoms in total. The lowest BCUT2D eigenvalue weighted by molar-refractivity contribution is 0.572. The highest BCUT2D eigenvalue weighted by Gasteiger charge is 2.23. The standard InChI is InChI=1S/C42H24N4O5/c1-3-9-33-28(7-1)30-16-13-25(21-35(30)49-33)45(40-11-5-19-47-40)26-15-18-32-37(22-26)51-38-24-39(43-44-42(32)38)46(41-12-6-20-48-41)27-14-17-31-29-8-2-4-10-34(29)50-36(31)23-27/h1-24H. The van der Waals surface area contributed by atoms with Crippen molar-refractivity contribution in [1.82, 2.24) is 10.2 Å². The van der Waals surface area contributed by atoms with Gasteiger partial charge in [-0.05, 0) is 60.7 Å². The third-order valence-corrected chi connectivity index (χ3v) is 9.37. The summed E-state index contributed by atoms with van der Waals surface area (Å²) in [4.78, 5) is 3.92. The van der Waals surface area contributed by atoms with E-state index in [4.69, 9.17) is 22.1 Å². The Bertz CT molecular complexity index is 2860. The number of hydrogen-bond donors (Lipinski definition) is 0. The molecule has 0 saturated heterocycles. The molecule has 11 aromatic rings. The van der Waals surface area contributed by atoms with E-state index in [9.17, 15) is 0 Å². The molecule has 6 aromatic heterocycles. The number of hydrogen-bond acceptors (Lipinski definition) is 9. The fourth-order valence-corrected chi connectivity index (χ4v) is 7.06. The lowest BCUT2D eigenvalue weighted by atomic mass is 10.1. The zero-order chi connectivity index (χ0) is 33.5. The summed E-state index contributed by atoms with van der Waals surface area (Å²) in [5.74, 6) is 1.76. The Hall–Kier alpha value is -7.26. The smallest absolute Gasteiger partial charge is 0.205 e. The van der Waals surface area contributed by atoms with E-state index < -0.39 is 0 Å². The van der Waals surface area contributed by atoms with Crippen molar-refractivity contribution in [3.8, 4) is 0 Å². The van der Waals surface area contributed by atoms with Crippen LogP contribution in [0.15, 0.2) is 168 Å². The molecule has 0 amide bonds. The summed E-state index contributed by atoms with van der Waals surface area (Å²) in [6.45, 7) is 0. The van der Waals surface area contributed by atoms with Crippen LogP contribution in [0.5, 0.6) is 0 Å². The predicted octanol–water partition coefficient (Wildman–Crippen LogP) is 12.3. The number of para-hydroxylation sites is 2. The van der Waals surface area contributed by atoms with Crippen LogP contribution in [0, 0.1) is 0 Å². The summed E-state index contributed by atoms with van der Waals surface area (Å²) in [6.07, 6.45) is 3.29. The first-order valence-electron chi connectivity index (χ1n) is 16.5. The molecular formula is C42H24N4O5. The Morgan fingerprint density at radius 3 is 1.45 bits per heavy atom. The van der Waals surface area contributed by atoms with Gasteiger partial charge in [0.25, 0.3) is 0 Å². The number of anilines is 6. The molecule has 0 saturated carbocycles. The van der Waals surface area contributed by atoms with Crippen molar-refractivity contribution >= 4 is 101 Å². The molecule has 0 unspecified atom stereocenters. The zero-order valence-electron chi connectivity index (χ0n) is 26.7. The molecule has 0 aliphatic carbocycles. The second-order valence-corrected chi connectivity index (χ2v) is 12.3. The zero-order valence-corrected chi connectivity index (χ0v) is 26.7. The Morgan fingerprint density at radius 1 is 0.373 bits per heavy atom. The van der Waals surface area contributed by atoms with Gasteiger partial charge in [0.05, 0.1) is 29.6 Å². The van der Waals surface area contributed by atoms with Gasteiger partial charge in [0.15, 0.2) is 11.4 Å². The van der Waals surface area contributed by atoms with E-state index in [0.29, 0.717) is 34.3 Å². The van der Waals surface area contributed by atoms with E-state index in [0.717, 1.165) is 66.3 Å². The molecule has 0 atom stereocenters. The number of aromatic nitrogens is 2. The number of furan rings is 5. The van der Waals surface area contributed by atoms with Crippen LogP contribution in [-0.4, -0.2) is 10.2 Å². The topological polar surface area (TPSA) is 98.0 Å². The summed E-state index contributed by atoms with van der Waals surface area (Å²) in [7, 11) is 0. The van der Waals surface area contributed by atoms with Gasteiger partial charge in [0, 0.05) is 63.3 Å². The first-order chi connectivity index (χ1) is 25.2. The van der Waals surface area contributed by atoms with Gasteiger partial charge in [-0.25, -0.2) is 0 Å². The van der Waals surface area contributed by atoms with E-state index >= 15 is 0 Å². The average Bonchev–Trinajstić information content (AvgIpc) is 4.01. The van der Waals surface area contributed by atoms with Crippen molar-refractivity contribution in [2.75, 3.05) is 9.80 Å². The minimum Gasteiger partial charge on any atom is -0.456 e. The minimum atomic E-state index is 0.531. The maximum atomic E-state index is 6.51. The Morgan fingerprint density at radius 2 is 0.863 bits per heavy atom. The third kappa shape index (κ3) is 4.28. The van der Waals surface area contributed by atoms with Crippen molar-refractivity contribution in [1.29, 1.82) is 0 Å². The van der Waals surface area contributed by atoms with Gasteiger partial charge in [0.2, 0.25) is 11.8 Å².